The highest BCUT2D eigenvalue weighted by Gasteiger charge is 2.34. The molecule has 1 atom stereocenters. The summed E-state index contributed by atoms with van der Waals surface area (Å²) in [6, 6.07) is 12.3. The Labute approximate surface area is 158 Å². The predicted molar refractivity (Wildman–Crippen MR) is 101 cm³/mol. The number of anilines is 2. The first-order valence-corrected chi connectivity index (χ1v) is 9.01. The van der Waals surface area contributed by atoms with Crippen molar-refractivity contribution in [3.8, 4) is 0 Å². The molecule has 1 aliphatic heterocycles. The first-order chi connectivity index (χ1) is 12.7. The van der Waals surface area contributed by atoms with Crippen LogP contribution in [-0.4, -0.2) is 35.7 Å². The fourth-order valence-electron chi connectivity index (χ4n) is 3.27. The number of benzene rings is 2. The van der Waals surface area contributed by atoms with Gasteiger partial charge in [0.2, 0.25) is 0 Å². The van der Waals surface area contributed by atoms with Gasteiger partial charge in [-0.3, -0.25) is 0 Å². The Morgan fingerprint density at radius 1 is 1.07 bits per heavy atom. The second kappa shape index (κ2) is 7.55. The molecule has 0 bridgehead atoms. The Morgan fingerprint density at radius 2 is 1.63 bits per heavy atom. The summed E-state index contributed by atoms with van der Waals surface area (Å²) in [5.74, 6) is -0.730. The second-order valence-electron chi connectivity index (χ2n) is 7.70. The number of hydrogen-bond donors (Lipinski definition) is 0. The Balaban J connectivity index is 1.87. The molecule has 0 aromatic heterocycles. The second-order valence-corrected chi connectivity index (χ2v) is 7.70. The van der Waals surface area contributed by atoms with E-state index in [1.165, 1.54) is 24.3 Å². The standard InChI is InChI=1S/C21H24F2N2O2/c1-21(2,3)27-20(26)24-11-10-19(14-24)25(17-8-4-6-15(22)12-17)18-9-5-7-16(23)13-18/h4-9,12-13,19H,10-11,14H2,1-3H3/t19-/m0/s1. The molecule has 3 rings (SSSR count). The molecule has 0 saturated carbocycles. The van der Waals surface area contributed by atoms with Crippen LogP contribution in [0.15, 0.2) is 48.5 Å². The lowest BCUT2D eigenvalue weighted by Crippen LogP contribution is -2.39. The summed E-state index contributed by atoms with van der Waals surface area (Å²) in [6.07, 6.45) is 0.301. The average Bonchev–Trinajstić information content (AvgIpc) is 3.03. The summed E-state index contributed by atoms with van der Waals surface area (Å²) in [5.41, 5.74) is 0.674. The molecule has 0 N–H and O–H groups in total. The van der Waals surface area contributed by atoms with E-state index in [1.807, 2.05) is 25.7 Å². The van der Waals surface area contributed by atoms with Crippen LogP contribution in [0, 0.1) is 11.6 Å². The summed E-state index contributed by atoms with van der Waals surface area (Å²) in [6.45, 7) is 6.42. The van der Waals surface area contributed by atoms with Gasteiger partial charge in [0.25, 0.3) is 0 Å². The van der Waals surface area contributed by atoms with Gasteiger partial charge in [0.1, 0.15) is 17.2 Å². The molecular weight excluding hydrogens is 350 g/mol. The third-order valence-corrected chi connectivity index (χ3v) is 4.35. The summed E-state index contributed by atoms with van der Waals surface area (Å²) >= 11 is 0. The van der Waals surface area contributed by atoms with Crippen molar-refractivity contribution >= 4 is 17.5 Å². The van der Waals surface area contributed by atoms with Gasteiger partial charge in [-0.2, -0.15) is 0 Å². The van der Waals surface area contributed by atoms with Gasteiger partial charge in [0.05, 0.1) is 6.04 Å². The fraction of sp³-hybridized carbons (Fsp3) is 0.381. The summed E-state index contributed by atoms with van der Waals surface area (Å²) in [4.78, 5) is 15.9. The van der Waals surface area contributed by atoms with E-state index in [1.54, 1.807) is 29.2 Å². The van der Waals surface area contributed by atoms with Crippen molar-refractivity contribution in [2.75, 3.05) is 18.0 Å². The SMILES string of the molecule is CC(C)(C)OC(=O)N1CC[C@H](N(c2cccc(F)c2)c2cccc(F)c2)C1. The molecule has 4 nitrogen and oxygen atoms in total. The zero-order valence-corrected chi connectivity index (χ0v) is 15.8. The van der Waals surface area contributed by atoms with E-state index in [2.05, 4.69) is 0 Å². The van der Waals surface area contributed by atoms with Gasteiger partial charge < -0.3 is 14.5 Å². The lowest BCUT2D eigenvalue weighted by Gasteiger charge is -2.31. The molecule has 0 radical (unpaired) electrons. The zero-order valence-electron chi connectivity index (χ0n) is 15.8. The first-order valence-electron chi connectivity index (χ1n) is 9.01. The minimum absolute atomic E-state index is 0.110. The molecule has 1 saturated heterocycles. The largest absolute Gasteiger partial charge is 0.444 e. The molecule has 2 aromatic rings. The van der Waals surface area contributed by atoms with Gasteiger partial charge in [-0.25, -0.2) is 13.6 Å². The monoisotopic (exact) mass is 374 g/mol. The topological polar surface area (TPSA) is 32.8 Å². The van der Waals surface area contributed by atoms with Crippen LogP contribution in [-0.2, 0) is 4.74 Å². The number of likely N-dealkylation sites (tertiary alicyclic amines) is 1. The minimum Gasteiger partial charge on any atom is -0.444 e. The number of amides is 1. The maximum Gasteiger partial charge on any atom is 0.410 e. The van der Waals surface area contributed by atoms with Gasteiger partial charge >= 0.3 is 6.09 Å². The van der Waals surface area contributed by atoms with Crippen LogP contribution < -0.4 is 4.90 Å². The number of carbonyl (C=O) groups excluding carboxylic acids is 1. The molecule has 1 heterocycles. The van der Waals surface area contributed by atoms with E-state index in [9.17, 15) is 13.6 Å². The Kier molecular flexibility index (Phi) is 5.35. The number of halogens is 2. The molecule has 1 aliphatic rings. The van der Waals surface area contributed by atoms with Crippen LogP contribution in [0.25, 0.3) is 0 Å². The van der Waals surface area contributed by atoms with E-state index in [-0.39, 0.29) is 23.8 Å². The summed E-state index contributed by atoms with van der Waals surface area (Å²) in [7, 11) is 0. The van der Waals surface area contributed by atoms with Crippen molar-refractivity contribution in [1.82, 2.24) is 4.90 Å². The van der Waals surface area contributed by atoms with Crippen LogP contribution in [0.4, 0.5) is 25.0 Å². The van der Waals surface area contributed by atoms with Crippen molar-refractivity contribution in [2.24, 2.45) is 0 Å². The number of rotatable bonds is 3. The Hall–Kier alpha value is -2.63. The van der Waals surface area contributed by atoms with Gasteiger partial charge in [-0.15, -0.1) is 0 Å². The van der Waals surface area contributed by atoms with Crippen LogP contribution in [0.1, 0.15) is 27.2 Å². The van der Waals surface area contributed by atoms with Crippen LogP contribution in [0.5, 0.6) is 0 Å². The molecule has 144 valence electrons. The van der Waals surface area contributed by atoms with E-state index >= 15 is 0 Å². The molecule has 0 unspecified atom stereocenters. The van der Waals surface area contributed by atoms with Crippen LogP contribution >= 0.6 is 0 Å². The molecule has 6 heteroatoms. The Bertz CT molecular complexity index is 774. The summed E-state index contributed by atoms with van der Waals surface area (Å²) < 4.78 is 33.1. The van der Waals surface area contributed by atoms with Gasteiger partial charge in [-0.1, -0.05) is 12.1 Å². The number of nitrogens with zero attached hydrogens (tertiary/aromatic N) is 2. The van der Waals surface area contributed by atoms with Crippen LogP contribution in [0.3, 0.4) is 0 Å². The van der Waals surface area contributed by atoms with E-state index in [0.29, 0.717) is 30.9 Å². The van der Waals surface area contributed by atoms with E-state index < -0.39 is 5.60 Å². The number of carbonyl (C=O) groups is 1. The summed E-state index contributed by atoms with van der Waals surface area (Å²) in [5, 5.41) is 0. The predicted octanol–water partition coefficient (Wildman–Crippen LogP) is 5.11. The van der Waals surface area contributed by atoms with Gasteiger partial charge in [-0.05, 0) is 63.6 Å². The van der Waals surface area contributed by atoms with Crippen molar-refractivity contribution in [3.63, 3.8) is 0 Å². The van der Waals surface area contributed by atoms with Crippen molar-refractivity contribution in [2.45, 2.75) is 38.8 Å². The van der Waals surface area contributed by atoms with Crippen LogP contribution in [0.2, 0.25) is 0 Å². The lowest BCUT2D eigenvalue weighted by molar-refractivity contribution is 0.0293. The lowest BCUT2D eigenvalue weighted by atomic mass is 10.1. The number of hydrogen-bond acceptors (Lipinski definition) is 3. The Morgan fingerprint density at radius 3 is 2.11 bits per heavy atom. The van der Waals surface area contributed by atoms with Crippen molar-refractivity contribution in [1.29, 1.82) is 0 Å². The molecule has 1 fully saturated rings. The first kappa shape index (κ1) is 19.1. The maximum atomic E-state index is 13.8. The molecule has 27 heavy (non-hydrogen) atoms. The van der Waals surface area contributed by atoms with Crippen molar-refractivity contribution in [3.05, 3.63) is 60.2 Å². The molecule has 2 aromatic carbocycles. The molecule has 0 aliphatic carbocycles. The highest BCUT2D eigenvalue weighted by Crippen LogP contribution is 2.32. The third-order valence-electron chi connectivity index (χ3n) is 4.35. The fourth-order valence-corrected chi connectivity index (χ4v) is 3.27. The number of ether oxygens (including phenoxy) is 1. The van der Waals surface area contributed by atoms with Gasteiger partial charge in [0.15, 0.2) is 0 Å². The van der Waals surface area contributed by atoms with Crippen molar-refractivity contribution < 1.29 is 18.3 Å². The molecule has 0 spiro atoms. The molecule has 1 amide bonds. The highest BCUT2D eigenvalue weighted by molar-refractivity contribution is 5.70. The van der Waals surface area contributed by atoms with E-state index in [0.717, 1.165) is 0 Å². The van der Waals surface area contributed by atoms with E-state index in [4.69, 9.17) is 4.74 Å². The third kappa shape index (κ3) is 4.76. The molecular formula is C21H24F2N2O2. The maximum absolute atomic E-state index is 13.8. The zero-order chi connectivity index (χ0) is 19.6. The minimum atomic E-state index is -0.569. The quantitative estimate of drug-likeness (QED) is 0.748. The van der Waals surface area contributed by atoms with Gasteiger partial charge in [0, 0.05) is 24.5 Å². The highest BCUT2D eigenvalue weighted by atomic mass is 19.1. The smallest absolute Gasteiger partial charge is 0.410 e. The normalized spacial score (nSPS) is 17.1. The average molecular weight is 374 g/mol.